The van der Waals surface area contributed by atoms with Crippen molar-refractivity contribution in [1.82, 2.24) is 4.90 Å². The van der Waals surface area contributed by atoms with Gasteiger partial charge in [-0.05, 0) is 48.1 Å². The number of hydrogen-bond donors (Lipinski definition) is 0. The standard InChI is InChI=1S/C22H30N2O2/c1-6-14(2)19(25)24-18-17(16-12-13-22(18,5)21(16,3)4)23(20(24)26)15-10-8-7-9-11-15/h7-11,14,16-18H,6,12-13H2,1-5H3/t14-,16+,17+,18+,22-/m0/s1. The van der Waals surface area contributed by atoms with E-state index < -0.39 is 0 Å². The van der Waals surface area contributed by atoms with Gasteiger partial charge in [-0.25, -0.2) is 4.79 Å². The average molecular weight is 354 g/mol. The van der Waals surface area contributed by atoms with Crippen LogP contribution in [0.15, 0.2) is 30.3 Å². The highest BCUT2D eigenvalue weighted by atomic mass is 16.2. The summed E-state index contributed by atoms with van der Waals surface area (Å²) in [6, 6.07) is 9.84. The minimum absolute atomic E-state index is 0.00416. The Bertz CT molecular complexity index is 744. The van der Waals surface area contributed by atoms with E-state index in [9.17, 15) is 9.59 Å². The molecule has 0 aromatic heterocycles. The fourth-order valence-electron chi connectivity index (χ4n) is 5.92. The van der Waals surface area contributed by atoms with Gasteiger partial charge < -0.3 is 0 Å². The van der Waals surface area contributed by atoms with Crippen LogP contribution in [0.1, 0.15) is 53.9 Å². The summed E-state index contributed by atoms with van der Waals surface area (Å²) in [7, 11) is 0. The van der Waals surface area contributed by atoms with Crippen LogP contribution in [0.5, 0.6) is 0 Å². The van der Waals surface area contributed by atoms with Gasteiger partial charge in [-0.1, -0.05) is 52.8 Å². The van der Waals surface area contributed by atoms with Crippen LogP contribution in [0.2, 0.25) is 0 Å². The van der Waals surface area contributed by atoms with E-state index in [4.69, 9.17) is 0 Å². The first kappa shape index (κ1) is 17.6. The molecule has 5 atom stereocenters. The number of nitrogens with zero attached hydrogens (tertiary/aromatic N) is 2. The Labute approximate surface area is 156 Å². The van der Waals surface area contributed by atoms with Crippen molar-refractivity contribution in [2.75, 3.05) is 4.90 Å². The van der Waals surface area contributed by atoms with Crippen LogP contribution in [-0.2, 0) is 4.79 Å². The minimum Gasteiger partial charge on any atom is -0.288 e. The molecular formula is C22H30N2O2. The average Bonchev–Trinajstić information content (AvgIpc) is 3.12. The van der Waals surface area contributed by atoms with Gasteiger partial charge in [-0.15, -0.1) is 0 Å². The zero-order valence-electron chi connectivity index (χ0n) is 16.5. The molecule has 4 rings (SSSR count). The van der Waals surface area contributed by atoms with E-state index in [0.29, 0.717) is 5.92 Å². The zero-order chi connectivity index (χ0) is 18.9. The molecule has 26 heavy (non-hydrogen) atoms. The number of imide groups is 1. The molecule has 4 heteroatoms. The Morgan fingerprint density at radius 1 is 1.23 bits per heavy atom. The third-order valence-corrected chi connectivity index (χ3v) is 8.06. The van der Waals surface area contributed by atoms with Crippen molar-refractivity contribution in [3.8, 4) is 0 Å². The van der Waals surface area contributed by atoms with Crippen molar-refractivity contribution in [1.29, 1.82) is 0 Å². The van der Waals surface area contributed by atoms with E-state index in [1.54, 1.807) is 4.90 Å². The second-order valence-electron chi connectivity index (χ2n) is 9.23. The van der Waals surface area contributed by atoms with Gasteiger partial charge in [0.1, 0.15) is 0 Å². The summed E-state index contributed by atoms with van der Waals surface area (Å²) in [6.45, 7) is 10.9. The summed E-state index contributed by atoms with van der Waals surface area (Å²) in [5, 5.41) is 0. The highest BCUT2D eigenvalue weighted by molar-refractivity contribution is 6.07. The lowest BCUT2D eigenvalue weighted by atomic mass is 9.69. The first-order chi connectivity index (χ1) is 12.3. The SMILES string of the molecule is CC[C@H](C)C(=O)N1C(=O)N(c2ccccc2)[C@@H]2[C@H]3CC[C@@](C)([C@@H]21)C3(C)C. The smallest absolute Gasteiger partial charge is 0.288 e. The van der Waals surface area contributed by atoms with Crippen LogP contribution in [0.25, 0.3) is 0 Å². The molecule has 1 aliphatic heterocycles. The monoisotopic (exact) mass is 354 g/mol. The number of amides is 3. The van der Waals surface area contributed by atoms with Gasteiger partial charge in [0, 0.05) is 11.6 Å². The van der Waals surface area contributed by atoms with Crippen LogP contribution in [0.3, 0.4) is 0 Å². The second kappa shape index (κ2) is 5.58. The number of benzene rings is 1. The lowest BCUT2D eigenvalue weighted by Crippen LogP contribution is -2.51. The summed E-state index contributed by atoms with van der Waals surface area (Å²) in [5.41, 5.74) is 1.01. The molecule has 0 spiro atoms. The number of hydrogen-bond acceptors (Lipinski definition) is 2. The Morgan fingerprint density at radius 2 is 1.88 bits per heavy atom. The second-order valence-corrected chi connectivity index (χ2v) is 9.23. The topological polar surface area (TPSA) is 40.6 Å². The number of para-hydroxylation sites is 1. The maximum absolute atomic E-state index is 13.5. The zero-order valence-corrected chi connectivity index (χ0v) is 16.5. The molecule has 2 saturated carbocycles. The normalized spacial score (nSPS) is 35.7. The van der Waals surface area contributed by atoms with E-state index in [1.165, 1.54) is 0 Å². The fourth-order valence-corrected chi connectivity index (χ4v) is 5.92. The summed E-state index contributed by atoms with van der Waals surface area (Å²) >= 11 is 0. The largest absolute Gasteiger partial charge is 0.331 e. The molecule has 1 saturated heterocycles. The summed E-state index contributed by atoms with van der Waals surface area (Å²) in [5.74, 6) is 0.299. The lowest BCUT2D eigenvalue weighted by molar-refractivity contribution is -0.135. The molecular weight excluding hydrogens is 324 g/mol. The van der Waals surface area contributed by atoms with Crippen LogP contribution >= 0.6 is 0 Å². The molecule has 3 fully saturated rings. The maximum atomic E-state index is 13.5. The van der Waals surface area contributed by atoms with Crippen LogP contribution in [0.4, 0.5) is 10.5 Å². The molecule has 3 aliphatic rings. The van der Waals surface area contributed by atoms with E-state index in [-0.39, 0.29) is 40.8 Å². The van der Waals surface area contributed by atoms with Gasteiger partial charge in [0.25, 0.3) is 0 Å². The van der Waals surface area contributed by atoms with E-state index >= 15 is 0 Å². The quantitative estimate of drug-likeness (QED) is 0.790. The number of fused-ring (bicyclic) bond motifs is 5. The highest BCUT2D eigenvalue weighted by Crippen LogP contribution is 2.69. The molecule has 2 bridgehead atoms. The predicted molar refractivity (Wildman–Crippen MR) is 103 cm³/mol. The van der Waals surface area contributed by atoms with Crippen LogP contribution in [0, 0.1) is 22.7 Å². The molecule has 0 radical (unpaired) electrons. The Morgan fingerprint density at radius 3 is 2.50 bits per heavy atom. The summed E-state index contributed by atoms with van der Waals surface area (Å²) < 4.78 is 0. The van der Waals surface area contributed by atoms with Crippen molar-refractivity contribution in [2.45, 2.75) is 66.0 Å². The molecule has 4 nitrogen and oxygen atoms in total. The van der Waals surface area contributed by atoms with Crippen molar-refractivity contribution < 1.29 is 9.59 Å². The van der Waals surface area contributed by atoms with E-state index in [2.05, 4.69) is 20.8 Å². The van der Waals surface area contributed by atoms with Gasteiger partial charge >= 0.3 is 6.03 Å². The minimum atomic E-state index is -0.124. The lowest BCUT2D eigenvalue weighted by Gasteiger charge is -2.41. The Balaban J connectivity index is 1.85. The Kier molecular flexibility index (Phi) is 3.77. The number of rotatable bonds is 3. The molecule has 0 N–H and O–H groups in total. The predicted octanol–water partition coefficient (Wildman–Crippen LogP) is 4.69. The van der Waals surface area contributed by atoms with Crippen molar-refractivity contribution in [2.24, 2.45) is 22.7 Å². The van der Waals surface area contributed by atoms with E-state index in [0.717, 1.165) is 24.9 Å². The van der Waals surface area contributed by atoms with Crippen molar-refractivity contribution in [3.05, 3.63) is 30.3 Å². The molecule has 2 aliphatic carbocycles. The highest BCUT2D eigenvalue weighted by Gasteiger charge is 2.73. The molecule has 3 amide bonds. The fraction of sp³-hybridized carbons (Fsp3) is 0.636. The molecule has 1 aromatic rings. The van der Waals surface area contributed by atoms with Gasteiger partial charge in [0.15, 0.2) is 0 Å². The molecule has 0 unspecified atom stereocenters. The van der Waals surface area contributed by atoms with Crippen molar-refractivity contribution in [3.63, 3.8) is 0 Å². The first-order valence-corrected chi connectivity index (χ1v) is 9.97. The number of carbonyl (C=O) groups excluding carboxylic acids is 2. The van der Waals surface area contributed by atoms with Crippen molar-refractivity contribution >= 4 is 17.6 Å². The van der Waals surface area contributed by atoms with Crippen LogP contribution < -0.4 is 4.90 Å². The maximum Gasteiger partial charge on any atom is 0.331 e. The van der Waals surface area contributed by atoms with Gasteiger partial charge in [-0.3, -0.25) is 14.6 Å². The van der Waals surface area contributed by atoms with Gasteiger partial charge in [0.2, 0.25) is 5.91 Å². The molecule has 140 valence electrons. The van der Waals surface area contributed by atoms with E-state index in [1.807, 2.05) is 49.1 Å². The number of carbonyl (C=O) groups is 2. The molecule has 1 heterocycles. The number of urea groups is 1. The van der Waals surface area contributed by atoms with Gasteiger partial charge in [-0.2, -0.15) is 0 Å². The third-order valence-electron chi connectivity index (χ3n) is 8.06. The third kappa shape index (κ3) is 1.96. The summed E-state index contributed by atoms with van der Waals surface area (Å²) in [6.07, 6.45) is 2.98. The summed E-state index contributed by atoms with van der Waals surface area (Å²) in [4.78, 5) is 30.3. The molecule has 1 aromatic carbocycles. The Hall–Kier alpha value is -1.84. The number of anilines is 1. The van der Waals surface area contributed by atoms with Crippen LogP contribution in [-0.4, -0.2) is 28.9 Å². The van der Waals surface area contributed by atoms with Gasteiger partial charge in [0.05, 0.1) is 12.1 Å². The first-order valence-electron chi connectivity index (χ1n) is 9.97.